The van der Waals surface area contributed by atoms with Gasteiger partial charge < -0.3 is 4.43 Å². The summed E-state index contributed by atoms with van der Waals surface area (Å²) in [5, 5.41) is 0. The van der Waals surface area contributed by atoms with Gasteiger partial charge in [-0.25, -0.2) is 4.98 Å². The van der Waals surface area contributed by atoms with E-state index in [-0.39, 0.29) is 5.60 Å². The molecule has 0 atom stereocenters. The van der Waals surface area contributed by atoms with Crippen molar-refractivity contribution < 1.29 is 9.22 Å². The second-order valence-electron chi connectivity index (χ2n) is 7.42. The van der Waals surface area contributed by atoms with E-state index in [9.17, 15) is 4.79 Å². The number of aldehydes is 1. The SMILES string of the molecule is CCC(=CCCC(CC)(CC)O[Si](CC)(CC)CC)c1cccc(C=O)n1. The third-order valence-corrected chi connectivity index (χ3v) is 11.0. The van der Waals surface area contributed by atoms with Crippen molar-refractivity contribution in [2.75, 3.05) is 0 Å². The molecule has 0 fully saturated rings. The summed E-state index contributed by atoms with van der Waals surface area (Å²) < 4.78 is 6.98. The monoisotopic (exact) mass is 389 g/mol. The van der Waals surface area contributed by atoms with Crippen LogP contribution in [-0.2, 0) is 4.43 Å². The Hall–Kier alpha value is -1.26. The van der Waals surface area contributed by atoms with Crippen molar-refractivity contribution in [3.63, 3.8) is 0 Å². The summed E-state index contributed by atoms with van der Waals surface area (Å²) in [7, 11) is -1.63. The molecule has 0 N–H and O–H groups in total. The number of rotatable bonds is 13. The molecule has 1 rings (SSSR count). The van der Waals surface area contributed by atoms with Crippen molar-refractivity contribution in [1.82, 2.24) is 4.98 Å². The number of carbonyl (C=O) groups excluding carboxylic acids is 1. The van der Waals surface area contributed by atoms with Gasteiger partial charge in [0.2, 0.25) is 0 Å². The average molecular weight is 390 g/mol. The molecule has 0 aromatic carbocycles. The molecule has 0 aliphatic carbocycles. The Kier molecular flexibility index (Phi) is 10.2. The molecule has 0 bridgehead atoms. The van der Waals surface area contributed by atoms with Gasteiger partial charge in [-0.15, -0.1) is 0 Å². The Morgan fingerprint density at radius 3 is 2.19 bits per heavy atom. The maximum absolute atomic E-state index is 11.0. The molecule has 0 unspecified atom stereocenters. The molecule has 27 heavy (non-hydrogen) atoms. The highest BCUT2D eigenvalue weighted by Gasteiger charge is 2.38. The average Bonchev–Trinajstić information content (AvgIpc) is 2.74. The van der Waals surface area contributed by atoms with Crippen molar-refractivity contribution in [2.24, 2.45) is 0 Å². The van der Waals surface area contributed by atoms with Crippen LogP contribution >= 0.6 is 0 Å². The lowest BCUT2D eigenvalue weighted by Crippen LogP contribution is -2.46. The van der Waals surface area contributed by atoms with Crippen LogP contribution in [0.2, 0.25) is 18.1 Å². The topological polar surface area (TPSA) is 39.2 Å². The molecule has 0 aliphatic rings. The van der Waals surface area contributed by atoms with E-state index in [1.807, 2.05) is 12.1 Å². The minimum absolute atomic E-state index is 0.0122. The molecule has 1 heterocycles. The summed E-state index contributed by atoms with van der Waals surface area (Å²) in [6.45, 7) is 13.6. The van der Waals surface area contributed by atoms with Gasteiger partial charge >= 0.3 is 0 Å². The molecule has 152 valence electrons. The molecular formula is C23H39NO2Si. The Labute approximate surface area is 167 Å². The van der Waals surface area contributed by atoms with Crippen LogP contribution in [0.25, 0.3) is 5.57 Å². The summed E-state index contributed by atoms with van der Waals surface area (Å²) in [4.78, 5) is 15.5. The molecule has 0 aliphatic heterocycles. The normalized spacial score (nSPS) is 13.0. The first kappa shape index (κ1) is 23.8. The number of hydrogen-bond acceptors (Lipinski definition) is 3. The van der Waals surface area contributed by atoms with Crippen LogP contribution < -0.4 is 0 Å². The predicted molar refractivity (Wildman–Crippen MR) is 119 cm³/mol. The summed E-state index contributed by atoms with van der Waals surface area (Å²) in [5.74, 6) is 0. The molecule has 0 amide bonds. The second-order valence-corrected chi connectivity index (χ2v) is 12.1. The molecule has 1 aromatic heterocycles. The first-order chi connectivity index (χ1) is 13.0. The lowest BCUT2D eigenvalue weighted by Gasteiger charge is -2.42. The van der Waals surface area contributed by atoms with E-state index in [0.717, 1.165) is 44.1 Å². The predicted octanol–water partition coefficient (Wildman–Crippen LogP) is 7.05. The third kappa shape index (κ3) is 6.39. The molecule has 3 nitrogen and oxygen atoms in total. The molecule has 0 saturated heterocycles. The van der Waals surface area contributed by atoms with Gasteiger partial charge in [0.25, 0.3) is 0 Å². The van der Waals surface area contributed by atoms with Crippen LogP contribution in [0.5, 0.6) is 0 Å². The largest absolute Gasteiger partial charge is 0.411 e. The Bertz CT molecular complexity index is 596. The maximum atomic E-state index is 11.0. The maximum Gasteiger partial charge on any atom is 0.192 e. The van der Waals surface area contributed by atoms with Gasteiger partial charge in [0.15, 0.2) is 14.6 Å². The van der Waals surface area contributed by atoms with E-state index >= 15 is 0 Å². The zero-order valence-corrected chi connectivity index (χ0v) is 19.3. The standard InChI is InChI=1S/C23H39NO2Si/c1-7-20(22-17-13-16-21(19-25)24-22)15-14-18-23(8-2,9-3)26-27(10-4,11-5)12-6/h13,15-17,19H,7-12,14,18H2,1-6H3. The number of aromatic nitrogens is 1. The number of nitrogens with zero attached hydrogens (tertiary/aromatic N) is 1. The summed E-state index contributed by atoms with van der Waals surface area (Å²) >= 11 is 0. The highest BCUT2D eigenvalue weighted by atomic mass is 28.4. The van der Waals surface area contributed by atoms with E-state index in [1.54, 1.807) is 6.07 Å². The molecule has 0 saturated carbocycles. The molecule has 0 spiro atoms. The number of pyridine rings is 1. The van der Waals surface area contributed by atoms with Gasteiger partial charge in [0.05, 0.1) is 11.3 Å². The quantitative estimate of drug-likeness (QED) is 0.268. The number of hydrogen-bond donors (Lipinski definition) is 0. The molecular weight excluding hydrogens is 350 g/mol. The van der Waals surface area contributed by atoms with E-state index in [1.165, 1.54) is 23.7 Å². The van der Waals surface area contributed by atoms with Gasteiger partial charge in [-0.05, 0) is 67.9 Å². The number of carbonyl (C=O) groups is 1. The van der Waals surface area contributed by atoms with Crippen molar-refractivity contribution in [3.05, 3.63) is 35.7 Å². The van der Waals surface area contributed by atoms with Gasteiger partial charge in [0, 0.05) is 0 Å². The fraction of sp³-hybridized carbons (Fsp3) is 0.652. The lowest BCUT2D eigenvalue weighted by atomic mass is 9.91. The van der Waals surface area contributed by atoms with Crippen LogP contribution in [0.15, 0.2) is 24.3 Å². The zero-order chi connectivity index (χ0) is 20.3. The van der Waals surface area contributed by atoms with E-state index in [4.69, 9.17) is 4.43 Å². The van der Waals surface area contributed by atoms with Crippen molar-refractivity contribution in [2.45, 2.75) is 97.4 Å². The first-order valence-corrected chi connectivity index (χ1v) is 13.3. The fourth-order valence-electron chi connectivity index (χ4n) is 3.86. The Balaban J connectivity index is 2.96. The van der Waals surface area contributed by atoms with Crippen LogP contribution in [0.4, 0.5) is 0 Å². The number of allylic oxidation sites excluding steroid dienone is 2. The van der Waals surface area contributed by atoms with Crippen LogP contribution in [0, 0.1) is 0 Å². The minimum Gasteiger partial charge on any atom is -0.411 e. The molecule has 0 radical (unpaired) electrons. The van der Waals surface area contributed by atoms with Gasteiger partial charge in [-0.2, -0.15) is 0 Å². The van der Waals surface area contributed by atoms with Crippen molar-refractivity contribution >= 4 is 20.2 Å². The van der Waals surface area contributed by atoms with Gasteiger partial charge in [0.1, 0.15) is 5.69 Å². The summed E-state index contributed by atoms with van der Waals surface area (Å²) in [6.07, 6.45) is 8.19. The van der Waals surface area contributed by atoms with E-state index < -0.39 is 8.32 Å². The minimum atomic E-state index is -1.63. The van der Waals surface area contributed by atoms with Crippen LogP contribution in [-0.4, -0.2) is 25.2 Å². The Morgan fingerprint density at radius 1 is 1.07 bits per heavy atom. The smallest absolute Gasteiger partial charge is 0.192 e. The highest BCUT2D eigenvalue weighted by molar-refractivity contribution is 6.73. The molecule has 4 heteroatoms. The van der Waals surface area contributed by atoms with E-state index in [2.05, 4.69) is 52.6 Å². The van der Waals surface area contributed by atoms with Crippen LogP contribution in [0.1, 0.15) is 89.8 Å². The highest BCUT2D eigenvalue weighted by Crippen LogP contribution is 2.35. The lowest BCUT2D eigenvalue weighted by molar-refractivity contribution is 0.0397. The summed E-state index contributed by atoms with van der Waals surface area (Å²) in [6, 6.07) is 9.24. The van der Waals surface area contributed by atoms with Gasteiger partial charge in [-0.1, -0.05) is 53.7 Å². The van der Waals surface area contributed by atoms with Crippen molar-refractivity contribution in [1.29, 1.82) is 0 Å². The molecule has 1 aromatic rings. The third-order valence-electron chi connectivity index (χ3n) is 6.25. The van der Waals surface area contributed by atoms with Crippen molar-refractivity contribution in [3.8, 4) is 0 Å². The van der Waals surface area contributed by atoms with E-state index in [0.29, 0.717) is 5.69 Å². The van der Waals surface area contributed by atoms with Gasteiger partial charge in [-0.3, -0.25) is 4.79 Å². The Morgan fingerprint density at radius 2 is 1.70 bits per heavy atom. The fourth-order valence-corrected chi connectivity index (χ4v) is 7.10. The first-order valence-electron chi connectivity index (χ1n) is 10.8. The van der Waals surface area contributed by atoms with Crippen LogP contribution in [0.3, 0.4) is 0 Å². The zero-order valence-electron chi connectivity index (χ0n) is 18.3. The summed E-state index contributed by atoms with van der Waals surface area (Å²) in [5.41, 5.74) is 2.61. The second kappa shape index (κ2) is 11.6.